The molecule has 3 aromatic rings. The van der Waals surface area contributed by atoms with Gasteiger partial charge in [-0.2, -0.15) is 4.98 Å². The van der Waals surface area contributed by atoms with E-state index in [-0.39, 0.29) is 12.6 Å². The van der Waals surface area contributed by atoms with Crippen LogP contribution in [0.5, 0.6) is 5.75 Å². The maximum Gasteiger partial charge on any atom is 0.330 e. The molecule has 1 aliphatic rings. The highest BCUT2D eigenvalue weighted by Gasteiger charge is 2.24. The first-order chi connectivity index (χ1) is 16.1. The molecule has 4 rings (SSSR count). The molecule has 1 fully saturated rings. The van der Waals surface area contributed by atoms with E-state index in [9.17, 15) is 4.79 Å². The van der Waals surface area contributed by atoms with E-state index in [1.54, 1.807) is 6.08 Å². The minimum Gasteiger partial charge on any atom is -0.484 e. The average molecular weight is 448 g/mol. The maximum absolute atomic E-state index is 11.2. The smallest absolute Gasteiger partial charge is 0.330 e. The van der Waals surface area contributed by atoms with E-state index in [2.05, 4.69) is 51.0 Å². The van der Waals surface area contributed by atoms with E-state index in [0.717, 1.165) is 43.9 Å². The van der Waals surface area contributed by atoms with Gasteiger partial charge in [-0.15, -0.1) is 0 Å². The average Bonchev–Trinajstić information content (AvgIpc) is 3.33. The Morgan fingerprint density at radius 2 is 1.85 bits per heavy atom. The zero-order valence-corrected chi connectivity index (χ0v) is 19.1. The Balaban J connectivity index is 1.23. The molecular weight excluding hydrogens is 418 g/mol. The molecule has 1 aromatic heterocycles. The van der Waals surface area contributed by atoms with Crippen LogP contribution in [0, 0.1) is 6.92 Å². The van der Waals surface area contributed by atoms with E-state index in [1.165, 1.54) is 24.3 Å². The number of piperidine rings is 1. The quantitative estimate of drug-likeness (QED) is 0.371. The van der Waals surface area contributed by atoms with Gasteiger partial charge in [0, 0.05) is 18.5 Å². The second-order valence-corrected chi connectivity index (χ2v) is 8.30. The Morgan fingerprint density at radius 1 is 1.12 bits per heavy atom. The van der Waals surface area contributed by atoms with Crippen LogP contribution in [-0.4, -0.2) is 41.2 Å². The number of esters is 1. The first-order valence-corrected chi connectivity index (χ1v) is 11.2. The summed E-state index contributed by atoms with van der Waals surface area (Å²) in [6, 6.07) is 16.1. The molecule has 0 aliphatic carbocycles. The number of nitrogens with zero attached hydrogens (tertiary/aromatic N) is 3. The molecule has 2 heterocycles. The summed E-state index contributed by atoms with van der Waals surface area (Å²) < 4.78 is 15.8. The summed E-state index contributed by atoms with van der Waals surface area (Å²) in [5.41, 5.74) is 3.52. The predicted octanol–water partition coefficient (Wildman–Crippen LogP) is 4.52. The summed E-state index contributed by atoms with van der Waals surface area (Å²) in [6.45, 7) is 5.36. The number of aromatic nitrogens is 2. The fraction of sp³-hybridized carbons (Fsp3) is 0.346. The molecule has 0 unspecified atom stereocenters. The van der Waals surface area contributed by atoms with Crippen LogP contribution < -0.4 is 4.74 Å². The highest BCUT2D eigenvalue weighted by Crippen LogP contribution is 2.27. The molecule has 0 bridgehead atoms. The Bertz CT molecular complexity index is 1070. The van der Waals surface area contributed by atoms with Crippen LogP contribution in [0.25, 0.3) is 6.08 Å². The number of likely N-dealkylation sites (tertiary alicyclic amines) is 1. The normalized spacial score (nSPS) is 15.1. The first-order valence-electron chi connectivity index (χ1n) is 11.2. The second-order valence-electron chi connectivity index (χ2n) is 8.30. The number of aryl methyl sites for hydroxylation is 1. The molecule has 0 atom stereocenters. The van der Waals surface area contributed by atoms with Crippen molar-refractivity contribution < 1.29 is 18.8 Å². The lowest BCUT2D eigenvalue weighted by atomic mass is 9.96. The SMILES string of the molecule is COC(=O)C=Cc1ccc(OCc2nc(C3CCN(Cc4ccc(C)cc4)CC3)no2)cc1. The third kappa shape index (κ3) is 6.52. The van der Waals surface area contributed by atoms with Crippen LogP contribution in [0.4, 0.5) is 0 Å². The van der Waals surface area contributed by atoms with Crippen LogP contribution in [0.2, 0.25) is 0 Å². The van der Waals surface area contributed by atoms with Crippen molar-refractivity contribution in [3.63, 3.8) is 0 Å². The summed E-state index contributed by atoms with van der Waals surface area (Å²) in [5.74, 6) is 1.86. The molecule has 0 N–H and O–H groups in total. The number of methoxy groups -OCH3 is 1. The van der Waals surface area contributed by atoms with Crippen molar-refractivity contribution in [2.24, 2.45) is 0 Å². The van der Waals surface area contributed by atoms with Gasteiger partial charge in [-0.05, 0) is 62.2 Å². The summed E-state index contributed by atoms with van der Waals surface area (Å²) >= 11 is 0. The Kier molecular flexibility index (Phi) is 7.52. The highest BCUT2D eigenvalue weighted by atomic mass is 16.5. The highest BCUT2D eigenvalue weighted by molar-refractivity contribution is 5.86. The number of carbonyl (C=O) groups excluding carboxylic acids is 1. The lowest BCUT2D eigenvalue weighted by Gasteiger charge is -2.30. The molecule has 0 radical (unpaired) electrons. The van der Waals surface area contributed by atoms with Gasteiger partial charge in [0.05, 0.1) is 7.11 Å². The molecule has 0 spiro atoms. The van der Waals surface area contributed by atoms with Crippen molar-refractivity contribution in [2.75, 3.05) is 20.2 Å². The fourth-order valence-corrected chi connectivity index (χ4v) is 3.85. The zero-order valence-electron chi connectivity index (χ0n) is 19.1. The summed E-state index contributed by atoms with van der Waals surface area (Å²) in [6.07, 6.45) is 5.10. The lowest BCUT2D eigenvalue weighted by molar-refractivity contribution is -0.134. The number of benzene rings is 2. The largest absolute Gasteiger partial charge is 0.484 e. The third-order valence-electron chi connectivity index (χ3n) is 5.82. The molecule has 1 aliphatic heterocycles. The zero-order chi connectivity index (χ0) is 23.0. The van der Waals surface area contributed by atoms with Gasteiger partial charge in [-0.3, -0.25) is 4.90 Å². The lowest BCUT2D eigenvalue weighted by Crippen LogP contribution is -2.32. The molecule has 1 saturated heterocycles. The van der Waals surface area contributed by atoms with E-state index < -0.39 is 0 Å². The number of hydrogen-bond acceptors (Lipinski definition) is 7. The second kappa shape index (κ2) is 10.9. The molecule has 7 nitrogen and oxygen atoms in total. The van der Waals surface area contributed by atoms with Crippen molar-refractivity contribution >= 4 is 12.0 Å². The van der Waals surface area contributed by atoms with Crippen molar-refractivity contribution in [3.05, 3.63) is 83.0 Å². The molecule has 2 aromatic carbocycles. The van der Waals surface area contributed by atoms with Gasteiger partial charge in [0.1, 0.15) is 5.75 Å². The number of hydrogen-bond donors (Lipinski definition) is 0. The summed E-state index contributed by atoms with van der Waals surface area (Å²) in [7, 11) is 1.35. The van der Waals surface area contributed by atoms with Gasteiger partial charge in [0.15, 0.2) is 12.4 Å². The number of rotatable bonds is 8. The van der Waals surface area contributed by atoms with Crippen LogP contribution in [0.1, 0.15) is 47.2 Å². The molecule has 33 heavy (non-hydrogen) atoms. The fourth-order valence-electron chi connectivity index (χ4n) is 3.85. The number of ether oxygens (including phenoxy) is 2. The van der Waals surface area contributed by atoms with Gasteiger partial charge in [-0.1, -0.05) is 47.1 Å². The minimum atomic E-state index is -0.389. The predicted molar refractivity (Wildman–Crippen MR) is 125 cm³/mol. The maximum atomic E-state index is 11.2. The molecule has 0 amide bonds. The third-order valence-corrected chi connectivity index (χ3v) is 5.82. The molecule has 0 saturated carbocycles. The monoisotopic (exact) mass is 447 g/mol. The van der Waals surface area contributed by atoms with Crippen LogP contribution in [-0.2, 0) is 22.7 Å². The van der Waals surface area contributed by atoms with Gasteiger partial charge in [0.2, 0.25) is 0 Å². The molecule has 172 valence electrons. The summed E-state index contributed by atoms with van der Waals surface area (Å²) in [5, 5.41) is 4.20. The van der Waals surface area contributed by atoms with Crippen LogP contribution in [0.15, 0.2) is 59.1 Å². The standard InChI is InChI=1S/C26H29N3O4/c1-19-3-5-21(6-4-19)17-29-15-13-22(14-16-29)26-27-24(33-28-26)18-32-23-10-7-20(8-11-23)9-12-25(30)31-2/h3-12,22H,13-18H2,1-2H3. The van der Waals surface area contributed by atoms with Crippen molar-refractivity contribution in [2.45, 2.75) is 38.8 Å². The van der Waals surface area contributed by atoms with Crippen molar-refractivity contribution in [1.29, 1.82) is 0 Å². The van der Waals surface area contributed by atoms with E-state index in [1.807, 2.05) is 24.3 Å². The van der Waals surface area contributed by atoms with Crippen LogP contribution in [0.3, 0.4) is 0 Å². The first kappa shape index (κ1) is 22.7. The topological polar surface area (TPSA) is 77.7 Å². The Hall–Kier alpha value is -3.45. The number of carbonyl (C=O) groups is 1. The van der Waals surface area contributed by atoms with Crippen molar-refractivity contribution in [3.8, 4) is 5.75 Å². The van der Waals surface area contributed by atoms with Crippen molar-refractivity contribution in [1.82, 2.24) is 15.0 Å². The van der Waals surface area contributed by atoms with Gasteiger partial charge < -0.3 is 14.0 Å². The molecular formula is C26H29N3O4. The summed E-state index contributed by atoms with van der Waals surface area (Å²) in [4.78, 5) is 18.2. The van der Waals surface area contributed by atoms with Crippen LogP contribution >= 0.6 is 0 Å². The molecule has 7 heteroatoms. The van der Waals surface area contributed by atoms with Gasteiger partial charge >= 0.3 is 5.97 Å². The van der Waals surface area contributed by atoms with Gasteiger partial charge in [0.25, 0.3) is 5.89 Å². The van der Waals surface area contributed by atoms with E-state index in [0.29, 0.717) is 17.6 Å². The van der Waals surface area contributed by atoms with Gasteiger partial charge in [-0.25, -0.2) is 4.79 Å². The Labute approximate surface area is 194 Å². The van der Waals surface area contributed by atoms with E-state index in [4.69, 9.17) is 9.26 Å². The minimum absolute atomic E-state index is 0.219. The Morgan fingerprint density at radius 3 is 2.55 bits per heavy atom. The van der Waals surface area contributed by atoms with E-state index >= 15 is 0 Å².